The van der Waals surface area contributed by atoms with Gasteiger partial charge in [-0.3, -0.25) is 4.79 Å². The number of carbonyl (C=O) groups is 1. The summed E-state index contributed by atoms with van der Waals surface area (Å²) in [5.41, 5.74) is 0.614. The molecule has 2 aliphatic heterocycles. The number of carbonyl (C=O) groups excluding carboxylic acids is 1. The van der Waals surface area contributed by atoms with E-state index in [0.717, 1.165) is 31.7 Å². The normalized spacial score (nSPS) is 25.4. The van der Waals surface area contributed by atoms with Crippen molar-refractivity contribution in [3.63, 3.8) is 0 Å². The van der Waals surface area contributed by atoms with Crippen LogP contribution in [-0.4, -0.2) is 54.2 Å². The van der Waals surface area contributed by atoms with Crippen molar-refractivity contribution in [3.05, 3.63) is 23.9 Å². The van der Waals surface area contributed by atoms with Gasteiger partial charge in [0.05, 0.1) is 23.8 Å². The van der Waals surface area contributed by atoms with E-state index < -0.39 is 0 Å². The lowest BCUT2D eigenvalue weighted by Gasteiger charge is -2.36. The predicted octanol–water partition coefficient (Wildman–Crippen LogP) is 2.07. The highest BCUT2D eigenvalue weighted by atomic mass is 16.5. The van der Waals surface area contributed by atoms with Crippen LogP contribution >= 0.6 is 0 Å². The van der Waals surface area contributed by atoms with Gasteiger partial charge in [0.25, 0.3) is 5.91 Å². The molecule has 128 valence electrons. The number of piperidine rings is 1. The molecular weight excluding hydrogens is 304 g/mol. The van der Waals surface area contributed by atoms with Gasteiger partial charge >= 0.3 is 0 Å². The van der Waals surface area contributed by atoms with Gasteiger partial charge in [0.2, 0.25) is 0 Å². The van der Waals surface area contributed by atoms with Crippen molar-refractivity contribution < 1.29 is 9.53 Å². The van der Waals surface area contributed by atoms with Crippen molar-refractivity contribution in [2.75, 3.05) is 31.1 Å². The smallest absolute Gasteiger partial charge is 0.255 e. The average molecular weight is 328 g/mol. The van der Waals surface area contributed by atoms with E-state index in [1.165, 1.54) is 0 Å². The minimum atomic E-state index is 0.00848. The predicted molar refractivity (Wildman–Crippen MR) is 90.7 cm³/mol. The van der Waals surface area contributed by atoms with Crippen LogP contribution in [0.25, 0.3) is 0 Å². The number of hydrogen-bond donors (Lipinski definition) is 0. The number of pyridine rings is 1. The molecule has 1 aromatic heterocycles. The summed E-state index contributed by atoms with van der Waals surface area (Å²) < 4.78 is 5.74. The molecule has 24 heavy (non-hydrogen) atoms. The van der Waals surface area contributed by atoms with Crippen LogP contribution in [0.2, 0.25) is 0 Å². The van der Waals surface area contributed by atoms with Crippen LogP contribution in [0.15, 0.2) is 18.3 Å². The Morgan fingerprint density at radius 2 is 1.92 bits per heavy atom. The molecule has 0 N–H and O–H groups in total. The number of morpholine rings is 1. The molecule has 2 aliphatic rings. The van der Waals surface area contributed by atoms with E-state index in [-0.39, 0.29) is 24.0 Å². The zero-order valence-electron chi connectivity index (χ0n) is 14.3. The molecule has 1 aromatic rings. The Kier molecular flexibility index (Phi) is 5.00. The van der Waals surface area contributed by atoms with Crippen molar-refractivity contribution in [2.45, 2.75) is 38.9 Å². The highest BCUT2D eigenvalue weighted by Gasteiger charge is 2.25. The van der Waals surface area contributed by atoms with Crippen molar-refractivity contribution in [1.82, 2.24) is 9.88 Å². The lowest BCUT2D eigenvalue weighted by atomic mass is 9.98. The standard InChI is InChI=1S/C18H24N4O2/c1-13-11-22(12-14(2)24-13)17-4-3-16(10-20-17)18(23)21-7-5-15(9-19)6-8-21/h3-4,10,13-15H,5-8,11-12H2,1-2H3. The van der Waals surface area contributed by atoms with Crippen LogP contribution in [0.5, 0.6) is 0 Å². The first-order chi connectivity index (χ1) is 11.6. The van der Waals surface area contributed by atoms with Crippen LogP contribution in [0.1, 0.15) is 37.0 Å². The van der Waals surface area contributed by atoms with E-state index >= 15 is 0 Å². The average Bonchev–Trinajstić information content (AvgIpc) is 2.60. The number of amides is 1. The van der Waals surface area contributed by atoms with E-state index in [1.54, 1.807) is 6.20 Å². The van der Waals surface area contributed by atoms with E-state index in [0.29, 0.717) is 18.7 Å². The van der Waals surface area contributed by atoms with Crippen molar-refractivity contribution >= 4 is 11.7 Å². The Morgan fingerprint density at radius 3 is 2.46 bits per heavy atom. The molecule has 0 saturated carbocycles. The van der Waals surface area contributed by atoms with Gasteiger partial charge in [-0.15, -0.1) is 0 Å². The van der Waals surface area contributed by atoms with E-state index in [4.69, 9.17) is 10.00 Å². The molecule has 2 saturated heterocycles. The minimum absolute atomic E-state index is 0.00848. The molecule has 6 heteroatoms. The first-order valence-corrected chi connectivity index (χ1v) is 8.62. The zero-order chi connectivity index (χ0) is 17.1. The summed E-state index contributed by atoms with van der Waals surface area (Å²) in [7, 11) is 0. The highest BCUT2D eigenvalue weighted by Crippen LogP contribution is 2.21. The second kappa shape index (κ2) is 7.18. The molecule has 3 heterocycles. The third-order valence-electron chi connectivity index (χ3n) is 4.70. The van der Waals surface area contributed by atoms with E-state index in [9.17, 15) is 4.79 Å². The van der Waals surface area contributed by atoms with E-state index in [2.05, 4.69) is 29.8 Å². The molecular formula is C18H24N4O2. The number of nitriles is 1. The van der Waals surface area contributed by atoms with Crippen molar-refractivity contribution in [3.8, 4) is 6.07 Å². The minimum Gasteiger partial charge on any atom is -0.372 e. The maximum absolute atomic E-state index is 12.6. The van der Waals surface area contributed by atoms with Crippen LogP contribution < -0.4 is 4.90 Å². The number of ether oxygens (including phenoxy) is 1. The lowest BCUT2D eigenvalue weighted by Crippen LogP contribution is -2.45. The summed E-state index contributed by atoms with van der Waals surface area (Å²) in [6.07, 6.45) is 3.55. The Labute approximate surface area is 143 Å². The third-order valence-corrected chi connectivity index (χ3v) is 4.70. The number of rotatable bonds is 2. The van der Waals surface area contributed by atoms with Gasteiger partial charge in [-0.25, -0.2) is 4.98 Å². The zero-order valence-corrected chi connectivity index (χ0v) is 14.3. The fourth-order valence-electron chi connectivity index (χ4n) is 3.46. The number of hydrogen-bond acceptors (Lipinski definition) is 5. The van der Waals surface area contributed by atoms with Gasteiger partial charge in [0, 0.05) is 38.3 Å². The highest BCUT2D eigenvalue weighted by molar-refractivity contribution is 5.94. The fourth-order valence-corrected chi connectivity index (χ4v) is 3.46. The number of aromatic nitrogens is 1. The van der Waals surface area contributed by atoms with Crippen molar-refractivity contribution in [1.29, 1.82) is 5.26 Å². The summed E-state index contributed by atoms with van der Waals surface area (Å²) in [5.74, 6) is 0.978. The second-order valence-electron chi connectivity index (χ2n) is 6.76. The quantitative estimate of drug-likeness (QED) is 0.831. The molecule has 0 radical (unpaired) electrons. The SMILES string of the molecule is CC1CN(c2ccc(C(=O)N3CCC(C#N)CC3)cn2)CC(C)O1. The Bertz CT molecular complexity index is 607. The molecule has 1 amide bonds. The van der Waals surface area contributed by atoms with Gasteiger partial charge < -0.3 is 14.5 Å². The molecule has 6 nitrogen and oxygen atoms in total. The summed E-state index contributed by atoms with van der Waals surface area (Å²) >= 11 is 0. The van der Waals surface area contributed by atoms with Gasteiger partial charge in [-0.05, 0) is 38.8 Å². The Hall–Kier alpha value is -2.13. The molecule has 0 bridgehead atoms. The molecule has 3 rings (SSSR count). The molecule has 0 aromatic carbocycles. The number of likely N-dealkylation sites (tertiary alicyclic amines) is 1. The molecule has 2 unspecified atom stereocenters. The van der Waals surface area contributed by atoms with Crippen LogP contribution in [0.4, 0.5) is 5.82 Å². The molecule has 0 aliphatic carbocycles. The Balaban J connectivity index is 1.64. The maximum atomic E-state index is 12.6. The van der Waals surface area contributed by atoms with Crippen LogP contribution in [0, 0.1) is 17.2 Å². The molecule has 2 fully saturated rings. The maximum Gasteiger partial charge on any atom is 0.255 e. The lowest BCUT2D eigenvalue weighted by molar-refractivity contribution is -0.00546. The number of anilines is 1. The Morgan fingerprint density at radius 1 is 1.25 bits per heavy atom. The number of nitrogens with zero attached hydrogens (tertiary/aromatic N) is 4. The fraction of sp³-hybridized carbons (Fsp3) is 0.611. The topological polar surface area (TPSA) is 69.5 Å². The molecule has 0 spiro atoms. The first kappa shape index (κ1) is 16.7. The third kappa shape index (κ3) is 3.68. The summed E-state index contributed by atoms with van der Waals surface area (Å²) in [4.78, 5) is 21.1. The largest absolute Gasteiger partial charge is 0.372 e. The van der Waals surface area contributed by atoms with Crippen LogP contribution in [-0.2, 0) is 4.74 Å². The second-order valence-corrected chi connectivity index (χ2v) is 6.76. The van der Waals surface area contributed by atoms with Gasteiger partial charge in [0.1, 0.15) is 5.82 Å². The van der Waals surface area contributed by atoms with Gasteiger partial charge in [0.15, 0.2) is 0 Å². The van der Waals surface area contributed by atoms with E-state index in [1.807, 2.05) is 17.0 Å². The first-order valence-electron chi connectivity index (χ1n) is 8.62. The monoisotopic (exact) mass is 328 g/mol. The van der Waals surface area contributed by atoms with Gasteiger partial charge in [-0.1, -0.05) is 0 Å². The summed E-state index contributed by atoms with van der Waals surface area (Å²) in [6, 6.07) is 6.06. The molecule has 2 atom stereocenters. The van der Waals surface area contributed by atoms with Crippen LogP contribution in [0.3, 0.4) is 0 Å². The van der Waals surface area contributed by atoms with Crippen molar-refractivity contribution in [2.24, 2.45) is 5.92 Å². The summed E-state index contributed by atoms with van der Waals surface area (Å²) in [6.45, 7) is 7.05. The van der Waals surface area contributed by atoms with Gasteiger partial charge in [-0.2, -0.15) is 5.26 Å². The summed E-state index contributed by atoms with van der Waals surface area (Å²) in [5, 5.41) is 8.95.